The average molecular weight is 851 g/mol. The van der Waals surface area contributed by atoms with Crippen LogP contribution in [0.15, 0.2) is 250 Å². The summed E-state index contributed by atoms with van der Waals surface area (Å²) in [6.45, 7) is 0. The van der Waals surface area contributed by atoms with Gasteiger partial charge in [-0.15, -0.1) is 0 Å². The van der Waals surface area contributed by atoms with Crippen LogP contribution in [-0.4, -0.2) is 9.13 Å². The number of rotatable bonds is 6. The van der Waals surface area contributed by atoms with Gasteiger partial charge in [-0.05, 0) is 117 Å². The van der Waals surface area contributed by atoms with Crippen molar-refractivity contribution in [2.45, 2.75) is 19.6 Å². The van der Waals surface area contributed by atoms with Crippen LogP contribution in [0.1, 0.15) is 0 Å². The lowest BCUT2D eigenvalue weighted by Crippen LogP contribution is -1.97. The molecule has 300 valence electrons. The van der Waals surface area contributed by atoms with Gasteiger partial charge in [0.05, 0.1) is 22.1 Å². The number of hydrogen-bond donors (Lipinski definition) is 0. The van der Waals surface area contributed by atoms with Crippen LogP contribution in [0.3, 0.4) is 0 Å². The highest BCUT2D eigenvalue weighted by atomic mass is 32.2. The molecule has 1 aliphatic rings. The van der Waals surface area contributed by atoms with Crippen molar-refractivity contribution >= 4 is 67.1 Å². The normalized spacial score (nSPS) is 12.2. The van der Waals surface area contributed by atoms with E-state index in [1.54, 1.807) is 0 Å². The van der Waals surface area contributed by atoms with Crippen LogP contribution >= 0.6 is 23.5 Å². The summed E-state index contributed by atoms with van der Waals surface area (Å²) in [5, 5.41) is 5.03. The second-order valence-electron chi connectivity index (χ2n) is 16.4. The molecule has 0 aliphatic carbocycles. The van der Waals surface area contributed by atoms with Gasteiger partial charge in [0.2, 0.25) is 0 Å². The summed E-state index contributed by atoms with van der Waals surface area (Å²) in [6, 6.07) is 84.8. The molecule has 0 N–H and O–H groups in total. The molecule has 0 unspecified atom stereocenters. The largest absolute Gasteiger partial charge is 0.309 e. The van der Waals surface area contributed by atoms with Gasteiger partial charge in [-0.2, -0.15) is 0 Å². The molecule has 0 bridgehead atoms. The van der Waals surface area contributed by atoms with Crippen LogP contribution in [-0.2, 0) is 0 Å². The van der Waals surface area contributed by atoms with E-state index in [0.29, 0.717) is 0 Å². The minimum absolute atomic E-state index is 1.13. The van der Waals surface area contributed by atoms with Crippen LogP contribution in [0.4, 0.5) is 0 Å². The zero-order valence-corrected chi connectivity index (χ0v) is 36.3. The molecule has 13 rings (SSSR count). The quantitative estimate of drug-likeness (QED) is 0.165. The maximum Gasteiger partial charge on any atom is 0.0541 e. The zero-order chi connectivity index (χ0) is 42.1. The van der Waals surface area contributed by atoms with Crippen molar-refractivity contribution in [3.05, 3.63) is 231 Å². The van der Waals surface area contributed by atoms with Crippen molar-refractivity contribution in [2.75, 3.05) is 0 Å². The Balaban J connectivity index is 1.00. The van der Waals surface area contributed by atoms with E-state index >= 15 is 0 Å². The predicted octanol–water partition coefficient (Wildman–Crippen LogP) is 17.2. The van der Waals surface area contributed by atoms with Crippen molar-refractivity contribution < 1.29 is 0 Å². The number of fused-ring (bicyclic) bond motifs is 8. The van der Waals surface area contributed by atoms with E-state index in [4.69, 9.17) is 0 Å². The van der Waals surface area contributed by atoms with E-state index < -0.39 is 0 Å². The highest BCUT2D eigenvalue weighted by molar-refractivity contribution is 8.05. The van der Waals surface area contributed by atoms with E-state index in [-0.39, 0.29) is 0 Å². The molecule has 0 fully saturated rings. The Kier molecular flexibility index (Phi) is 8.75. The summed E-state index contributed by atoms with van der Waals surface area (Å²) in [5.41, 5.74) is 16.7. The molecule has 10 aromatic carbocycles. The van der Waals surface area contributed by atoms with Crippen molar-refractivity contribution in [1.29, 1.82) is 0 Å². The molecule has 0 saturated heterocycles. The Hall–Kier alpha value is -7.50. The summed E-state index contributed by atoms with van der Waals surface area (Å²) in [6.07, 6.45) is 0. The minimum Gasteiger partial charge on any atom is -0.309 e. The number of hydrogen-bond acceptors (Lipinski definition) is 2. The fourth-order valence-electron chi connectivity index (χ4n) is 9.96. The SMILES string of the molecule is c1cc(-c2cc(-n3c4ccccc4c4ccccc43)ccc2-c2cccc(-n3c4ccccc4c4ccccc43)c2)cc(-c2ccccc2-c2cccc3c2Sc2ccccc2S3)c1. The van der Waals surface area contributed by atoms with Crippen LogP contribution in [0.25, 0.3) is 99.5 Å². The van der Waals surface area contributed by atoms with Gasteiger partial charge < -0.3 is 9.13 Å². The van der Waals surface area contributed by atoms with Crippen LogP contribution in [0.2, 0.25) is 0 Å². The summed E-state index contributed by atoms with van der Waals surface area (Å²) in [4.78, 5) is 5.25. The third-order valence-electron chi connectivity index (χ3n) is 12.8. The molecule has 1 aliphatic heterocycles. The molecule has 12 aromatic rings. The van der Waals surface area contributed by atoms with Gasteiger partial charge in [0, 0.05) is 52.5 Å². The molecule has 0 amide bonds. The number of para-hydroxylation sites is 4. The van der Waals surface area contributed by atoms with Crippen LogP contribution in [0, 0.1) is 0 Å². The number of benzene rings is 10. The highest BCUT2D eigenvalue weighted by Gasteiger charge is 2.23. The zero-order valence-electron chi connectivity index (χ0n) is 34.7. The van der Waals surface area contributed by atoms with Crippen molar-refractivity contribution in [2.24, 2.45) is 0 Å². The molecule has 0 spiro atoms. The second-order valence-corrected chi connectivity index (χ2v) is 18.6. The topological polar surface area (TPSA) is 9.86 Å². The summed E-state index contributed by atoms with van der Waals surface area (Å²) >= 11 is 3.76. The van der Waals surface area contributed by atoms with Crippen molar-refractivity contribution in [3.63, 3.8) is 0 Å². The molecule has 0 atom stereocenters. The second kappa shape index (κ2) is 15.1. The van der Waals surface area contributed by atoms with Crippen LogP contribution in [0.5, 0.6) is 0 Å². The Labute approximate surface area is 380 Å². The monoisotopic (exact) mass is 850 g/mol. The molecule has 4 heteroatoms. The Bertz CT molecular complexity index is 3710. The summed E-state index contributed by atoms with van der Waals surface area (Å²) in [5.74, 6) is 0. The van der Waals surface area contributed by atoms with Gasteiger partial charge in [-0.25, -0.2) is 0 Å². The van der Waals surface area contributed by atoms with Crippen molar-refractivity contribution in [3.8, 4) is 55.9 Å². The fourth-order valence-corrected chi connectivity index (χ4v) is 12.4. The van der Waals surface area contributed by atoms with E-state index in [2.05, 4.69) is 240 Å². The van der Waals surface area contributed by atoms with Gasteiger partial charge in [0.25, 0.3) is 0 Å². The first-order valence-electron chi connectivity index (χ1n) is 21.7. The molecular weight excluding hydrogens is 813 g/mol. The fraction of sp³-hybridized carbons (Fsp3) is 0. The predicted molar refractivity (Wildman–Crippen MR) is 272 cm³/mol. The lowest BCUT2D eigenvalue weighted by Gasteiger charge is -2.22. The van der Waals surface area contributed by atoms with Gasteiger partial charge in [-0.1, -0.05) is 181 Å². The average Bonchev–Trinajstić information content (AvgIpc) is 3.89. The Morgan fingerprint density at radius 1 is 0.250 bits per heavy atom. The van der Waals surface area contributed by atoms with E-state index in [1.165, 1.54) is 108 Å². The lowest BCUT2D eigenvalue weighted by molar-refractivity contribution is 1.16. The smallest absolute Gasteiger partial charge is 0.0541 e. The molecule has 64 heavy (non-hydrogen) atoms. The first kappa shape index (κ1) is 37.1. The van der Waals surface area contributed by atoms with E-state index in [1.807, 2.05) is 23.5 Å². The number of nitrogens with zero attached hydrogens (tertiary/aromatic N) is 2. The van der Waals surface area contributed by atoms with Crippen molar-refractivity contribution in [1.82, 2.24) is 9.13 Å². The maximum absolute atomic E-state index is 2.43. The van der Waals surface area contributed by atoms with Gasteiger partial charge in [0.1, 0.15) is 0 Å². The summed E-state index contributed by atoms with van der Waals surface area (Å²) in [7, 11) is 0. The Morgan fingerprint density at radius 2 is 0.672 bits per heavy atom. The lowest BCUT2D eigenvalue weighted by atomic mass is 9.90. The van der Waals surface area contributed by atoms with Gasteiger partial charge in [-0.3, -0.25) is 0 Å². The van der Waals surface area contributed by atoms with Gasteiger partial charge in [0.15, 0.2) is 0 Å². The summed E-state index contributed by atoms with van der Waals surface area (Å²) < 4.78 is 4.84. The van der Waals surface area contributed by atoms with Gasteiger partial charge >= 0.3 is 0 Å². The third-order valence-corrected chi connectivity index (χ3v) is 15.4. The van der Waals surface area contributed by atoms with E-state index in [9.17, 15) is 0 Å². The third kappa shape index (κ3) is 5.98. The molecule has 2 aromatic heterocycles. The molecule has 2 nitrogen and oxygen atoms in total. The van der Waals surface area contributed by atoms with Crippen LogP contribution < -0.4 is 0 Å². The molecule has 3 heterocycles. The van der Waals surface area contributed by atoms with E-state index in [0.717, 1.165) is 11.4 Å². The molecular formula is C60H38N2S2. The Morgan fingerprint density at radius 3 is 1.30 bits per heavy atom. The minimum atomic E-state index is 1.13. The first-order valence-corrected chi connectivity index (χ1v) is 23.4. The molecule has 0 radical (unpaired) electrons. The standard InChI is InChI=1S/C60H38N2S2/c1-2-21-46(51-26-15-33-59-60(51)64-58-32-12-11-31-57(58)63-59)44(20-1)39-16-13-17-40(36-39)52-38-43(62-55-29-9-5-24-49(55)50-25-6-10-30-56(50)62)34-35-45(52)41-18-14-19-42(37-41)61-53-27-7-3-22-47(53)48-23-4-8-28-54(48)61/h1-38H. The number of aromatic nitrogens is 2. The molecule has 0 saturated carbocycles. The first-order chi connectivity index (χ1) is 31.7. The maximum atomic E-state index is 2.43. The highest BCUT2D eigenvalue weighted by Crippen LogP contribution is 2.53.